The third-order valence-electron chi connectivity index (χ3n) is 7.71. The van der Waals surface area contributed by atoms with Crippen LogP contribution in [0.5, 0.6) is 0 Å². The van der Waals surface area contributed by atoms with Gasteiger partial charge in [0.15, 0.2) is 0 Å². The molecule has 40 heavy (non-hydrogen) atoms. The number of para-hydroxylation sites is 3. The van der Waals surface area contributed by atoms with Gasteiger partial charge in [-0.3, -0.25) is 9.59 Å². The minimum atomic E-state index is -1.21. The van der Waals surface area contributed by atoms with Crippen LogP contribution in [0.4, 0.5) is 28.4 Å². The Kier molecular flexibility index (Phi) is 7.35. The molecule has 2 atom stereocenters. The van der Waals surface area contributed by atoms with Gasteiger partial charge in [-0.1, -0.05) is 67.4 Å². The predicted octanol–water partition coefficient (Wildman–Crippen LogP) is 6.80. The first-order valence-electron chi connectivity index (χ1n) is 14.0. The number of benzene rings is 3. The Morgan fingerprint density at radius 3 is 1.75 bits per heavy atom. The molecule has 2 N–H and O–H groups in total. The standard InChI is InChI=1S/C32H35N4O3P/c1-32(2,22-33-28-29(31(38)30(28)37)34-23-14-6-3-7-15-23)39-40-35(24-16-8-4-9-17-24)26-20-12-13-21-27(26)36(40)25-18-10-5-11-19-25/h3-11,14-19,26-27,33-34H,12-13,20-22H2,1-2H3/t26-,27-/m1/s1. The smallest absolute Gasteiger partial charge is 0.253 e. The maximum atomic E-state index is 12.5. The third kappa shape index (κ3) is 5.12. The highest BCUT2D eigenvalue weighted by Gasteiger charge is 2.51. The van der Waals surface area contributed by atoms with Crippen molar-refractivity contribution in [1.29, 1.82) is 0 Å². The van der Waals surface area contributed by atoms with E-state index < -0.39 is 24.9 Å². The van der Waals surface area contributed by atoms with Gasteiger partial charge in [-0.15, -0.1) is 0 Å². The molecule has 1 saturated carbocycles. The summed E-state index contributed by atoms with van der Waals surface area (Å²) in [7, 11) is -1.21. The molecule has 206 valence electrons. The zero-order chi connectivity index (χ0) is 27.7. The van der Waals surface area contributed by atoms with Crippen LogP contribution in [-0.2, 0) is 4.52 Å². The van der Waals surface area contributed by atoms with E-state index in [0.29, 0.717) is 30.0 Å². The van der Waals surface area contributed by atoms with Gasteiger partial charge in [0.25, 0.3) is 10.9 Å². The lowest BCUT2D eigenvalue weighted by Gasteiger charge is -2.38. The van der Waals surface area contributed by atoms with E-state index in [-0.39, 0.29) is 0 Å². The Labute approximate surface area is 236 Å². The van der Waals surface area contributed by atoms with Crippen LogP contribution in [0.3, 0.4) is 0 Å². The zero-order valence-electron chi connectivity index (χ0n) is 22.9. The molecule has 0 unspecified atom stereocenters. The van der Waals surface area contributed by atoms with E-state index in [1.165, 1.54) is 24.2 Å². The summed E-state index contributed by atoms with van der Waals surface area (Å²) in [6.07, 6.45) is 4.68. The average molecular weight is 555 g/mol. The predicted molar refractivity (Wildman–Crippen MR) is 166 cm³/mol. The van der Waals surface area contributed by atoms with Gasteiger partial charge in [-0.2, -0.15) is 0 Å². The van der Waals surface area contributed by atoms with Gasteiger partial charge in [0, 0.05) is 23.6 Å². The van der Waals surface area contributed by atoms with Crippen molar-refractivity contribution in [2.45, 2.75) is 57.2 Å². The molecule has 0 bridgehead atoms. The summed E-state index contributed by atoms with van der Waals surface area (Å²) in [4.78, 5) is 24.9. The van der Waals surface area contributed by atoms with Crippen molar-refractivity contribution in [2.24, 2.45) is 0 Å². The second-order valence-corrected chi connectivity index (χ2v) is 12.7. The van der Waals surface area contributed by atoms with Crippen LogP contribution in [0.25, 0.3) is 0 Å². The van der Waals surface area contributed by atoms with Crippen molar-refractivity contribution in [3.05, 3.63) is 111 Å². The Morgan fingerprint density at radius 2 is 1.23 bits per heavy atom. The molecule has 0 aromatic heterocycles. The van der Waals surface area contributed by atoms with E-state index in [9.17, 15) is 9.59 Å². The first kappa shape index (κ1) is 26.5. The molecule has 1 saturated heterocycles. The maximum absolute atomic E-state index is 12.5. The van der Waals surface area contributed by atoms with Gasteiger partial charge in [0.2, 0.25) is 8.45 Å². The topological polar surface area (TPSA) is 73.9 Å². The third-order valence-corrected chi connectivity index (χ3v) is 10.2. The first-order valence-corrected chi connectivity index (χ1v) is 15.2. The van der Waals surface area contributed by atoms with Gasteiger partial charge in [-0.05, 0) is 63.1 Å². The molecule has 4 aromatic carbocycles. The molecular weight excluding hydrogens is 519 g/mol. The normalized spacial score (nSPS) is 19.6. The van der Waals surface area contributed by atoms with E-state index in [4.69, 9.17) is 4.52 Å². The van der Waals surface area contributed by atoms with Gasteiger partial charge < -0.3 is 24.5 Å². The van der Waals surface area contributed by atoms with E-state index >= 15 is 0 Å². The lowest BCUT2D eigenvalue weighted by atomic mass is 9.90. The number of nitrogens with one attached hydrogen (secondary N) is 2. The van der Waals surface area contributed by atoms with E-state index in [1.54, 1.807) is 0 Å². The number of anilines is 5. The molecule has 1 aliphatic heterocycles. The number of nitrogens with zero attached hydrogens (tertiary/aromatic N) is 2. The minimum absolute atomic E-state index is 0.307. The molecule has 0 spiro atoms. The molecule has 6 rings (SSSR count). The summed E-state index contributed by atoms with van der Waals surface area (Å²) >= 11 is 0. The summed E-state index contributed by atoms with van der Waals surface area (Å²) in [6, 6.07) is 31.3. The summed E-state index contributed by atoms with van der Waals surface area (Å²) in [6.45, 7) is 4.47. The van der Waals surface area contributed by atoms with Gasteiger partial charge in [0.05, 0.1) is 17.7 Å². The van der Waals surface area contributed by atoms with Crippen LogP contribution >= 0.6 is 8.45 Å². The van der Waals surface area contributed by atoms with E-state index in [2.05, 4.69) is 80.6 Å². The lowest BCUT2D eigenvalue weighted by molar-refractivity contribution is 0.142. The molecule has 2 fully saturated rings. The summed E-state index contributed by atoms with van der Waals surface area (Å²) in [5, 5.41) is 6.35. The van der Waals surface area contributed by atoms with Gasteiger partial charge in [-0.25, -0.2) is 0 Å². The number of rotatable bonds is 9. The quantitative estimate of drug-likeness (QED) is 0.174. The van der Waals surface area contributed by atoms with Crippen molar-refractivity contribution in [2.75, 3.05) is 26.5 Å². The van der Waals surface area contributed by atoms with E-state index in [1.807, 2.05) is 44.2 Å². The van der Waals surface area contributed by atoms with Gasteiger partial charge in [0.1, 0.15) is 11.4 Å². The fourth-order valence-corrected chi connectivity index (χ4v) is 8.35. The lowest BCUT2D eigenvalue weighted by Crippen LogP contribution is -2.41. The highest BCUT2D eigenvalue weighted by atomic mass is 31.2. The zero-order valence-corrected chi connectivity index (χ0v) is 23.8. The van der Waals surface area contributed by atoms with Crippen LogP contribution in [-0.4, -0.2) is 24.2 Å². The summed E-state index contributed by atoms with van der Waals surface area (Å²) in [5.41, 5.74) is 2.10. The van der Waals surface area contributed by atoms with Crippen molar-refractivity contribution in [1.82, 2.24) is 0 Å². The monoisotopic (exact) mass is 554 g/mol. The number of fused-ring (bicyclic) bond motifs is 1. The average Bonchev–Trinajstić information content (AvgIpc) is 3.30. The molecule has 7 nitrogen and oxygen atoms in total. The largest absolute Gasteiger partial charge is 0.377 e. The van der Waals surface area contributed by atoms with Crippen LogP contribution in [0, 0.1) is 0 Å². The molecule has 1 heterocycles. The SMILES string of the molecule is CC(C)(CNc1c(Nc2ccccc2)c(=O)c1=O)OP1N(c2ccccc2)[C@@H]2CCCC[C@H]2N1c1ccccc1. The molecule has 0 amide bonds. The van der Waals surface area contributed by atoms with Crippen molar-refractivity contribution >= 4 is 36.9 Å². The van der Waals surface area contributed by atoms with E-state index in [0.717, 1.165) is 18.5 Å². The van der Waals surface area contributed by atoms with Gasteiger partial charge >= 0.3 is 0 Å². The molecule has 0 radical (unpaired) electrons. The fraction of sp³-hybridized carbons (Fsp3) is 0.312. The Morgan fingerprint density at radius 1 is 0.750 bits per heavy atom. The van der Waals surface area contributed by atoms with Crippen LogP contribution in [0.2, 0.25) is 0 Å². The highest BCUT2D eigenvalue weighted by Crippen LogP contribution is 2.62. The number of hydrogen-bond acceptors (Lipinski definition) is 7. The second-order valence-electron chi connectivity index (χ2n) is 11.1. The van der Waals surface area contributed by atoms with Crippen molar-refractivity contribution in [3.8, 4) is 0 Å². The Balaban J connectivity index is 1.28. The van der Waals surface area contributed by atoms with Crippen LogP contribution in [0.15, 0.2) is 101 Å². The molecule has 1 aliphatic carbocycles. The number of hydrogen-bond donors (Lipinski definition) is 2. The maximum Gasteiger partial charge on any atom is 0.253 e. The minimum Gasteiger partial charge on any atom is -0.377 e. The van der Waals surface area contributed by atoms with Crippen molar-refractivity contribution < 1.29 is 4.52 Å². The summed E-state index contributed by atoms with van der Waals surface area (Å²) < 4.78 is 12.1. The molecular formula is C32H35N4O3P. The Hall–Kier alpha value is -3.67. The van der Waals surface area contributed by atoms with Crippen LogP contribution < -0.4 is 30.8 Å². The molecule has 2 aliphatic rings. The van der Waals surface area contributed by atoms with Crippen molar-refractivity contribution in [3.63, 3.8) is 0 Å². The Bertz CT molecular complexity index is 1450. The fourth-order valence-electron chi connectivity index (χ4n) is 5.75. The van der Waals surface area contributed by atoms with Crippen LogP contribution in [0.1, 0.15) is 39.5 Å². The second kappa shape index (κ2) is 11.1. The first-order chi connectivity index (χ1) is 19.4. The molecule has 4 aromatic rings. The highest BCUT2D eigenvalue weighted by molar-refractivity contribution is 7.56. The molecule has 8 heteroatoms. The summed E-state index contributed by atoms with van der Waals surface area (Å²) in [5.74, 6) is 0.